The van der Waals surface area contributed by atoms with Crippen LogP contribution in [0.5, 0.6) is 11.5 Å². The summed E-state index contributed by atoms with van der Waals surface area (Å²) in [6.45, 7) is 10.9. The topological polar surface area (TPSA) is 106 Å². The minimum absolute atomic E-state index is 0.0177. The highest BCUT2D eigenvalue weighted by Crippen LogP contribution is 2.42. The van der Waals surface area contributed by atoms with Crippen LogP contribution in [0.2, 0.25) is 18.1 Å². The molecule has 0 fully saturated rings. The van der Waals surface area contributed by atoms with Crippen LogP contribution in [0.15, 0.2) is 78.9 Å². The second-order valence-electron chi connectivity index (χ2n) is 12.0. The Balaban J connectivity index is 2.08. The summed E-state index contributed by atoms with van der Waals surface area (Å²) in [6.07, 6.45) is -0.956. The third kappa shape index (κ3) is 8.69. The van der Waals surface area contributed by atoms with Gasteiger partial charge in [-0.05, 0) is 59.1 Å². The molecule has 8 nitrogen and oxygen atoms in total. The Morgan fingerprint density at radius 1 is 0.744 bits per heavy atom. The first-order valence-electron chi connectivity index (χ1n) is 14.4. The Bertz CT molecular complexity index is 1270. The fraction of sp³-hybridized carbons (Fsp3) is 0.412. The van der Waals surface area contributed by atoms with E-state index in [4.69, 9.17) is 29.1 Å². The van der Waals surface area contributed by atoms with Crippen molar-refractivity contribution in [1.29, 1.82) is 0 Å². The molecular weight excluding hydrogens is 562 g/mol. The number of primary amides is 1. The number of methoxy groups -OCH3 is 2. The highest BCUT2D eigenvalue weighted by Gasteiger charge is 2.41. The number of esters is 1. The van der Waals surface area contributed by atoms with Crippen LogP contribution in [0.4, 0.5) is 0 Å². The highest BCUT2D eigenvalue weighted by molar-refractivity contribution is 6.74. The van der Waals surface area contributed by atoms with E-state index in [1.54, 1.807) is 14.2 Å². The molecule has 3 rings (SSSR count). The van der Waals surface area contributed by atoms with Gasteiger partial charge in [0.15, 0.2) is 8.32 Å². The molecule has 0 aliphatic rings. The molecule has 0 saturated heterocycles. The van der Waals surface area contributed by atoms with Crippen LogP contribution in [-0.2, 0) is 29.1 Å². The molecule has 0 saturated carbocycles. The van der Waals surface area contributed by atoms with Crippen molar-refractivity contribution in [1.82, 2.24) is 0 Å². The largest absolute Gasteiger partial charge is 0.497 e. The summed E-state index contributed by atoms with van der Waals surface area (Å²) in [7, 11) is 1.06. The van der Waals surface area contributed by atoms with Crippen molar-refractivity contribution >= 4 is 20.2 Å². The molecule has 1 amide bonds. The molecule has 43 heavy (non-hydrogen) atoms. The number of amides is 1. The van der Waals surface area contributed by atoms with Gasteiger partial charge in [0.05, 0.1) is 33.9 Å². The van der Waals surface area contributed by atoms with Crippen molar-refractivity contribution in [2.45, 2.75) is 63.5 Å². The molecule has 0 radical (unpaired) electrons. The number of rotatable bonds is 15. The lowest BCUT2D eigenvalue weighted by atomic mass is 9.80. The van der Waals surface area contributed by atoms with E-state index < -0.39 is 31.9 Å². The van der Waals surface area contributed by atoms with Gasteiger partial charge in [0.1, 0.15) is 23.2 Å². The van der Waals surface area contributed by atoms with Crippen molar-refractivity contribution in [3.63, 3.8) is 0 Å². The Morgan fingerprint density at radius 3 is 1.67 bits per heavy atom. The molecule has 232 valence electrons. The molecule has 0 spiro atoms. The van der Waals surface area contributed by atoms with Gasteiger partial charge >= 0.3 is 5.97 Å². The van der Waals surface area contributed by atoms with Crippen LogP contribution in [0.3, 0.4) is 0 Å². The fourth-order valence-electron chi connectivity index (χ4n) is 4.40. The van der Waals surface area contributed by atoms with E-state index in [0.29, 0.717) is 11.5 Å². The van der Waals surface area contributed by atoms with Crippen molar-refractivity contribution in [3.8, 4) is 11.5 Å². The lowest BCUT2D eigenvalue weighted by Gasteiger charge is -2.39. The van der Waals surface area contributed by atoms with E-state index in [-0.39, 0.29) is 31.1 Å². The van der Waals surface area contributed by atoms with Crippen LogP contribution < -0.4 is 15.2 Å². The minimum Gasteiger partial charge on any atom is -0.497 e. The molecule has 1 unspecified atom stereocenters. The lowest BCUT2D eigenvalue weighted by Crippen LogP contribution is -2.45. The molecule has 0 aromatic heterocycles. The van der Waals surface area contributed by atoms with E-state index in [1.165, 1.54) is 0 Å². The Labute approximate surface area is 256 Å². The van der Waals surface area contributed by atoms with Crippen molar-refractivity contribution in [3.05, 3.63) is 95.6 Å². The summed E-state index contributed by atoms with van der Waals surface area (Å²) in [6, 6.07) is 25.3. The second kappa shape index (κ2) is 14.7. The van der Waals surface area contributed by atoms with Gasteiger partial charge in [0, 0.05) is 6.42 Å². The molecule has 0 bridgehead atoms. The van der Waals surface area contributed by atoms with Crippen LogP contribution in [0, 0.1) is 0 Å². The van der Waals surface area contributed by atoms with Gasteiger partial charge in [-0.15, -0.1) is 0 Å². The Hall–Kier alpha value is -3.66. The SMILES string of the molecule is COc1ccc(C(OCC(CO[Si](C)(C)C(C)(C)C)OC(=O)CCC(N)=O)(c2ccccc2)c2ccc(OC)cc2)cc1. The number of nitrogens with two attached hydrogens (primary N) is 1. The first-order valence-corrected chi connectivity index (χ1v) is 17.3. The van der Waals surface area contributed by atoms with E-state index in [9.17, 15) is 9.59 Å². The summed E-state index contributed by atoms with van der Waals surface area (Å²) in [4.78, 5) is 24.1. The smallest absolute Gasteiger partial charge is 0.306 e. The maximum absolute atomic E-state index is 12.8. The third-order valence-electron chi connectivity index (χ3n) is 7.97. The molecule has 3 aromatic rings. The maximum Gasteiger partial charge on any atom is 0.306 e. The molecule has 0 aliphatic heterocycles. The second-order valence-corrected chi connectivity index (χ2v) is 16.8. The van der Waals surface area contributed by atoms with Gasteiger partial charge in [0.2, 0.25) is 5.91 Å². The molecule has 2 N–H and O–H groups in total. The molecule has 3 aromatic carbocycles. The summed E-state index contributed by atoms with van der Waals surface area (Å²) < 4.78 is 30.2. The van der Waals surface area contributed by atoms with Gasteiger partial charge in [-0.1, -0.05) is 75.4 Å². The van der Waals surface area contributed by atoms with Crippen LogP contribution >= 0.6 is 0 Å². The average molecular weight is 608 g/mol. The van der Waals surface area contributed by atoms with E-state index >= 15 is 0 Å². The summed E-state index contributed by atoms with van der Waals surface area (Å²) in [5.41, 5.74) is 6.78. The first kappa shape index (κ1) is 33.8. The predicted molar refractivity (Wildman–Crippen MR) is 170 cm³/mol. The zero-order valence-corrected chi connectivity index (χ0v) is 27.3. The van der Waals surface area contributed by atoms with Crippen molar-refractivity contribution in [2.24, 2.45) is 5.73 Å². The summed E-state index contributed by atoms with van der Waals surface area (Å²) >= 11 is 0. The Morgan fingerprint density at radius 2 is 1.23 bits per heavy atom. The fourth-order valence-corrected chi connectivity index (χ4v) is 5.43. The minimum atomic E-state index is -2.19. The molecule has 0 aliphatic carbocycles. The van der Waals surface area contributed by atoms with Gasteiger partial charge in [0.25, 0.3) is 0 Å². The van der Waals surface area contributed by atoms with E-state index in [2.05, 4.69) is 33.9 Å². The van der Waals surface area contributed by atoms with Gasteiger partial charge in [-0.25, -0.2) is 0 Å². The van der Waals surface area contributed by atoms with E-state index in [1.807, 2.05) is 78.9 Å². The van der Waals surface area contributed by atoms with Gasteiger partial charge in [-0.3, -0.25) is 9.59 Å². The average Bonchev–Trinajstić information content (AvgIpc) is 2.99. The Kier molecular flexibility index (Phi) is 11.6. The standard InChI is InChI=1S/C34H45NO7Si/c1-33(2,3)43(6,7)41-24-30(42-32(37)22-21-31(35)36)23-40-34(25-11-9-8-10-12-25,26-13-17-28(38-4)18-14-26)27-15-19-29(39-5)20-16-27/h8-20,30H,21-24H2,1-7H3,(H2,35,36). The number of hydrogen-bond acceptors (Lipinski definition) is 7. The van der Waals surface area contributed by atoms with E-state index in [0.717, 1.165) is 16.7 Å². The number of ether oxygens (including phenoxy) is 4. The summed E-state index contributed by atoms with van der Waals surface area (Å²) in [5, 5.41) is -0.0473. The highest BCUT2D eigenvalue weighted by atomic mass is 28.4. The number of carbonyl (C=O) groups excluding carboxylic acids is 2. The predicted octanol–water partition coefficient (Wildman–Crippen LogP) is 6.21. The number of benzene rings is 3. The lowest BCUT2D eigenvalue weighted by molar-refractivity contribution is -0.158. The zero-order chi connectivity index (χ0) is 31.7. The van der Waals surface area contributed by atoms with Crippen LogP contribution in [0.1, 0.15) is 50.3 Å². The van der Waals surface area contributed by atoms with Crippen LogP contribution in [-0.4, -0.2) is 53.7 Å². The number of carbonyl (C=O) groups is 2. The monoisotopic (exact) mass is 607 g/mol. The first-order chi connectivity index (χ1) is 20.3. The zero-order valence-electron chi connectivity index (χ0n) is 26.3. The summed E-state index contributed by atoms with van der Waals surface area (Å²) in [5.74, 6) is 0.323. The van der Waals surface area contributed by atoms with Crippen molar-refractivity contribution < 1.29 is 33.0 Å². The quantitative estimate of drug-likeness (QED) is 0.124. The van der Waals surface area contributed by atoms with Crippen LogP contribution in [0.25, 0.3) is 0 Å². The number of hydrogen-bond donors (Lipinski definition) is 1. The molecule has 1 atom stereocenters. The third-order valence-corrected chi connectivity index (χ3v) is 12.5. The molecular formula is C34H45NO7Si. The normalized spacial score (nSPS) is 12.8. The van der Waals surface area contributed by atoms with Gasteiger partial charge in [-0.2, -0.15) is 0 Å². The van der Waals surface area contributed by atoms with Crippen molar-refractivity contribution in [2.75, 3.05) is 27.4 Å². The molecule has 0 heterocycles. The van der Waals surface area contributed by atoms with Gasteiger partial charge < -0.3 is 29.1 Å². The molecule has 9 heteroatoms. The maximum atomic E-state index is 12.8.